The minimum atomic E-state index is -0.242. The Balaban J connectivity index is 1.25. The number of benzene rings is 1. The first kappa shape index (κ1) is 19.9. The average molecular weight is 416 g/mol. The lowest BCUT2D eigenvalue weighted by Crippen LogP contribution is -2.38. The third-order valence-electron chi connectivity index (χ3n) is 5.75. The Kier molecular flexibility index (Phi) is 6.13. The van der Waals surface area contributed by atoms with Crippen LogP contribution in [0, 0.1) is 5.82 Å². The van der Waals surface area contributed by atoms with Crippen LogP contribution >= 0.6 is 11.3 Å². The first-order valence-corrected chi connectivity index (χ1v) is 11.1. The number of hydrogen-bond donors (Lipinski definition) is 0. The highest BCUT2D eigenvalue weighted by molar-refractivity contribution is 7.10. The van der Waals surface area contributed by atoms with Gasteiger partial charge in [-0.15, -0.1) is 11.3 Å². The molecule has 7 heteroatoms. The number of anilines is 1. The van der Waals surface area contributed by atoms with Gasteiger partial charge in [0.1, 0.15) is 5.82 Å². The summed E-state index contributed by atoms with van der Waals surface area (Å²) in [7, 11) is 0. The van der Waals surface area contributed by atoms with Crippen LogP contribution in [0.1, 0.15) is 29.7 Å². The highest BCUT2D eigenvalue weighted by Crippen LogP contribution is 2.24. The predicted octanol–water partition coefficient (Wildman–Crippen LogP) is 3.29. The Labute approximate surface area is 174 Å². The largest absolute Gasteiger partial charge is 0.370 e. The molecule has 2 aliphatic heterocycles. The van der Waals surface area contributed by atoms with Crippen molar-refractivity contribution in [3.8, 4) is 0 Å². The zero-order chi connectivity index (χ0) is 20.2. The number of hydrogen-bond acceptors (Lipinski definition) is 4. The third-order valence-corrected chi connectivity index (χ3v) is 6.78. The first-order valence-electron chi connectivity index (χ1n) is 10.2. The topological polar surface area (TPSA) is 43.9 Å². The summed E-state index contributed by atoms with van der Waals surface area (Å²) in [6, 6.07) is 8.59. The predicted molar refractivity (Wildman–Crippen MR) is 112 cm³/mol. The van der Waals surface area contributed by atoms with E-state index in [2.05, 4.69) is 16.3 Å². The highest BCUT2D eigenvalue weighted by Gasteiger charge is 2.24. The molecule has 0 N–H and O–H groups in total. The van der Waals surface area contributed by atoms with Gasteiger partial charge >= 0.3 is 0 Å². The molecule has 1 aromatic heterocycles. The van der Waals surface area contributed by atoms with E-state index in [4.69, 9.17) is 0 Å². The number of amides is 2. The number of carbonyl (C=O) groups excluding carboxylic acids is 2. The molecule has 1 saturated heterocycles. The van der Waals surface area contributed by atoms with Crippen molar-refractivity contribution in [3.63, 3.8) is 0 Å². The molecule has 5 nitrogen and oxygen atoms in total. The molecule has 0 spiro atoms. The van der Waals surface area contributed by atoms with Crippen molar-refractivity contribution < 1.29 is 14.0 Å². The molecule has 2 amide bonds. The molecule has 154 valence electrons. The minimum absolute atomic E-state index is 0.0486. The van der Waals surface area contributed by atoms with E-state index in [-0.39, 0.29) is 30.5 Å². The first-order chi connectivity index (χ1) is 14.1. The zero-order valence-corrected chi connectivity index (χ0v) is 17.3. The Morgan fingerprint density at radius 2 is 1.66 bits per heavy atom. The Bertz CT molecular complexity index is 867. The van der Waals surface area contributed by atoms with Crippen LogP contribution in [0.5, 0.6) is 0 Å². The van der Waals surface area contributed by atoms with Gasteiger partial charge in [-0.3, -0.25) is 9.59 Å². The standard InChI is InChI=1S/C22H26FN3O2S/c23-18-2-4-19(5-3-18)24-10-1-11-25(14-13-24)21(27)6-7-22(28)26-12-8-20-17(16-26)9-15-29-20/h2-5,9,15H,1,6-8,10-14,16H2. The Morgan fingerprint density at radius 1 is 0.897 bits per heavy atom. The molecule has 0 radical (unpaired) electrons. The van der Waals surface area contributed by atoms with Gasteiger partial charge in [0.15, 0.2) is 0 Å². The molecule has 4 rings (SSSR count). The fourth-order valence-electron chi connectivity index (χ4n) is 4.07. The smallest absolute Gasteiger partial charge is 0.223 e. The molecule has 0 unspecified atom stereocenters. The fraction of sp³-hybridized carbons (Fsp3) is 0.455. The van der Waals surface area contributed by atoms with Crippen LogP contribution in [-0.2, 0) is 22.6 Å². The van der Waals surface area contributed by atoms with Crippen molar-refractivity contribution in [1.29, 1.82) is 0 Å². The molecule has 2 aliphatic rings. The molecule has 1 fully saturated rings. The molecule has 2 aromatic rings. The van der Waals surface area contributed by atoms with Crippen LogP contribution in [0.4, 0.5) is 10.1 Å². The molecule has 3 heterocycles. The number of thiophene rings is 1. The van der Waals surface area contributed by atoms with E-state index in [0.29, 0.717) is 19.6 Å². The second kappa shape index (κ2) is 8.95. The second-order valence-electron chi connectivity index (χ2n) is 7.63. The van der Waals surface area contributed by atoms with Gasteiger partial charge in [0.05, 0.1) is 0 Å². The summed E-state index contributed by atoms with van der Waals surface area (Å²) in [4.78, 5) is 32.5. The summed E-state index contributed by atoms with van der Waals surface area (Å²) in [6.07, 6.45) is 2.32. The van der Waals surface area contributed by atoms with E-state index in [1.807, 2.05) is 9.80 Å². The van der Waals surface area contributed by atoms with E-state index in [1.165, 1.54) is 22.6 Å². The summed E-state index contributed by atoms with van der Waals surface area (Å²) in [5.74, 6) is -0.125. The molecular formula is C22H26FN3O2S. The fourth-order valence-corrected chi connectivity index (χ4v) is 4.96. The van der Waals surface area contributed by atoms with Crippen molar-refractivity contribution in [2.24, 2.45) is 0 Å². The van der Waals surface area contributed by atoms with Crippen LogP contribution in [0.2, 0.25) is 0 Å². The molecule has 1 aromatic carbocycles. The summed E-state index contributed by atoms with van der Waals surface area (Å²) >= 11 is 1.76. The molecule has 0 atom stereocenters. The van der Waals surface area contributed by atoms with E-state index in [9.17, 15) is 14.0 Å². The van der Waals surface area contributed by atoms with Crippen molar-refractivity contribution >= 4 is 28.8 Å². The van der Waals surface area contributed by atoms with Gasteiger partial charge in [-0.1, -0.05) is 0 Å². The number of rotatable bonds is 4. The van der Waals surface area contributed by atoms with Gasteiger partial charge in [-0.05, 0) is 54.1 Å². The lowest BCUT2D eigenvalue weighted by Gasteiger charge is -2.27. The van der Waals surface area contributed by atoms with Gasteiger partial charge in [0.25, 0.3) is 0 Å². The number of halogens is 1. The van der Waals surface area contributed by atoms with Crippen LogP contribution in [0.15, 0.2) is 35.7 Å². The van der Waals surface area contributed by atoms with E-state index >= 15 is 0 Å². The van der Waals surface area contributed by atoms with E-state index in [0.717, 1.165) is 38.2 Å². The van der Waals surface area contributed by atoms with Gasteiger partial charge in [0, 0.05) is 62.7 Å². The molecule has 29 heavy (non-hydrogen) atoms. The molecular weight excluding hydrogens is 389 g/mol. The highest BCUT2D eigenvalue weighted by atomic mass is 32.1. The third kappa shape index (κ3) is 4.78. The van der Waals surface area contributed by atoms with Crippen molar-refractivity contribution in [3.05, 3.63) is 52.0 Å². The number of fused-ring (bicyclic) bond motifs is 1. The lowest BCUT2D eigenvalue weighted by molar-refractivity contribution is -0.137. The number of carbonyl (C=O) groups is 2. The Hall–Kier alpha value is -2.41. The molecule has 0 aliphatic carbocycles. The molecule has 0 saturated carbocycles. The van der Waals surface area contributed by atoms with Crippen LogP contribution in [-0.4, -0.2) is 54.3 Å². The van der Waals surface area contributed by atoms with Crippen LogP contribution in [0.25, 0.3) is 0 Å². The maximum Gasteiger partial charge on any atom is 0.223 e. The van der Waals surface area contributed by atoms with Gasteiger partial charge in [-0.25, -0.2) is 4.39 Å². The number of nitrogens with zero attached hydrogens (tertiary/aromatic N) is 3. The summed E-state index contributed by atoms with van der Waals surface area (Å²) < 4.78 is 13.1. The maximum absolute atomic E-state index is 13.1. The Morgan fingerprint density at radius 3 is 2.45 bits per heavy atom. The van der Waals surface area contributed by atoms with Crippen LogP contribution in [0.3, 0.4) is 0 Å². The lowest BCUT2D eigenvalue weighted by atomic mass is 10.1. The molecule has 0 bridgehead atoms. The quantitative estimate of drug-likeness (QED) is 0.770. The summed E-state index contributed by atoms with van der Waals surface area (Å²) in [5, 5.41) is 2.08. The summed E-state index contributed by atoms with van der Waals surface area (Å²) in [5.41, 5.74) is 2.23. The van der Waals surface area contributed by atoms with E-state index < -0.39 is 0 Å². The second-order valence-corrected chi connectivity index (χ2v) is 8.63. The van der Waals surface area contributed by atoms with Gasteiger partial charge in [-0.2, -0.15) is 0 Å². The van der Waals surface area contributed by atoms with Gasteiger partial charge < -0.3 is 14.7 Å². The average Bonchev–Trinajstić information content (AvgIpc) is 3.07. The van der Waals surface area contributed by atoms with Crippen LogP contribution < -0.4 is 4.90 Å². The van der Waals surface area contributed by atoms with Crippen molar-refractivity contribution in [1.82, 2.24) is 9.80 Å². The monoisotopic (exact) mass is 415 g/mol. The van der Waals surface area contributed by atoms with Crippen molar-refractivity contribution in [2.75, 3.05) is 37.6 Å². The summed E-state index contributed by atoms with van der Waals surface area (Å²) in [6.45, 7) is 4.31. The minimum Gasteiger partial charge on any atom is -0.370 e. The zero-order valence-electron chi connectivity index (χ0n) is 16.5. The SMILES string of the molecule is O=C(CCC(=O)N1CCc2sccc2C1)N1CCCN(c2ccc(F)cc2)CC1. The van der Waals surface area contributed by atoms with Gasteiger partial charge in [0.2, 0.25) is 11.8 Å². The van der Waals surface area contributed by atoms with E-state index in [1.54, 1.807) is 23.5 Å². The van der Waals surface area contributed by atoms with Crippen molar-refractivity contribution in [2.45, 2.75) is 32.2 Å². The normalized spacial score (nSPS) is 17.1. The maximum atomic E-state index is 13.1.